The number of para-hydroxylation sites is 3. The molecule has 0 aliphatic carbocycles. The van der Waals surface area contributed by atoms with Crippen molar-refractivity contribution in [2.75, 3.05) is 25.1 Å². The molecule has 2 rings (SSSR count). The van der Waals surface area contributed by atoms with Crippen molar-refractivity contribution in [2.24, 2.45) is 5.92 Å². The van der Waals surface area contributed by atoms with Gasteiger partial charge in [-0.1, -0.05) is 58.0 Å². The van der Waals surface area contributed by atoms with E-state index in [-0.39, 0.29) is 0 Å². The van der Waals surface area contributed by atoms with Crippen LogP contribution in [0.1, 0.15) is 45.6 Å². The Morgan fingerprint density at radius 1 is 0.880 bits per heavy atom. The van der Waals surface area contributed by atoms with Crippen LogP contribution in [0.25, 0.3) is 0 Å². The normalized spacial score (nSPS) is 12.0. The molecule has 0 aliphatic heterocycles. The molecule has 0 amide bonds. The first-order chi connectivity index (χ1) is 12.1. The second-order valence-corrected chi connectivity index (χ2v) is 6.82. The zero-order valence-corrected chi connectivity index (χ0v) is 15.9. The van der Waals surface area contributed by atoms with E-state index in [1.165, 1.54) is 5.56 Å². The van der Waals surface area contributed by atoms with Crippen molar-refractivity contribution < 1.29 is 9.47 Å². The van der Waals surface area contributed by atoms with Gasteiger partial charge in [-0.15, -0.1) is 0 Å². The van der Waals surface area contributed by atoms with E-state index in [1.807, 2.05) is 30.3 Å². The van der Waals surface area contributed by atoms with Gasteiger partial charge in [-0.2, -0.15) is 0 Å². The molecule has 0 radical (unpaired) electrons. The standard InChI is InChI=1S/C22H31NO2/c1-5-18(4)19-10-6-8-12-21(19)24-15-14-23-20-11-7-9-13-22(20)25-16-17(2)3/h6-13,17-18,23H,5,14-16H2,1-4H3. The molecule has 0 spiro atoms. The van der Waals surface area contributed by atoms with Crippen molar-refractivity contribution in [3.8, 4) is 11.5 Å². The number of rotatable bonds is 10. The zero-order chi connectivity index (χ0) is 18.1. The van der Waals surface area contributed by atoms with Crippen LogP contribution in [0.15, 0.2) is 48.5 Å². The number of nitrogens with one attached hydrogen (secondary N) is 1. The Kier molecular flexibility index (Phi) is 7.65. The third kappa shape index (κ3) is 6.00. The summed E-state index contributed by atoms with van der Waals surface area (Å²) in [6, 6.07) is 16.4. The number of benzene rings is 2. The lowest BCUT2D eigenvalue weighted by molar-refractivity contribution is 0.272. The van der Waals surface area contributed by atoms with Crippen LogP contribution in [-0.4, -0.2) is 19.8 Å². The quantitative estimate of drug-likeness (QED) is 0.560. The van der Waals surface area contributed by atoms with Gasteiger partial charge in [0.2, 0.25) is 0 Å². The van der Waals surface area contributed by atoms with Gasteiger partial charge in [0, 0.05) is 6.54 Å². The van der Waals surface area contributed by atoms with Crippen LogP contribution >= 0.6 is 0 Å². The van der Waals surface area contributed by atoms with Gasteiger partial charge < -0.3 is 14.8 Å². The maximum absolute atomic E-state index is 6.02. The van der Waals surface area contributed by atoms with Crippen molar-refractivity contribution in [1.82, 2.24) is 0 Å². The molecule has 3 nitrogen and oxygen atoms in total. The Morgan fingerprint density at radius 2 is 1.56 bits per heavy atom. The summed E-state index contributed by atoms with van der Waals surface area (Å²) in [7, 11) is 0. The molecule has 2 aromatic carbocycles. The number of hydrogen-bond donors (Lipinski definition) is 1. The lowest BCUT2D eigenvalue weighted by atomic mass is 9.98. The summed E-state index contributed by atoms with van der Waals surface area (Å²) in [6.07, 6.45) is 1.11. The van der Waals surface area contributed by atoms with E-state index in [4.69, 9.17) is 9.47 Å². The highest BCUT2D eigenvalue weighted by Gasteiger charge is 2.09. The molecule has 136 valence electrons. The summed E-state index contributed by atoms with van der Waals surface area (Å²) >= 11 is 0. The minimum absolute atomic E-state index is 0.508. The zero-order valence-electron chi connectivity index (χ0n) is 15.9. The van der Waals surface area contributed by atoms with Crippen molar-refractivity contribution in [3.63, 3.8) is 0 Å². The first-order valence-corrected chi connectivity index (χ1v) is 9.29. The maximum atomic E-state index is 6.02. The first-order valence-electron chi connectivity index (χ1n) is 9.29. The van der Waals surface area contributed by atoms with Crippen LogP contribution in [0, 0.1) is 5.92 Å². The molecule has 0 saturated heterocycles. The Hall–Kier alpha value is -2.16. The van der Waals surface area contributed by atoms with Gasteiger partial charge in [-0.25, -0.2) is 0 Å². The molecule has 3 heteroatoms. The van der Waals surface area contributed by atoms with Crippen LogP contribution in [0.3, 0.4) is 0 Å². The third-order valence-electron chi connectivity index (χ3n) is 4.20. The summed E-state index contributed by atoms with van der Waals surface area (Å²) in [5.74, 6) is 2.90. The Balaban J connectivity index is 1.88. The smallest absolute Gasteiger partial charge is 0.142 e. The molecule has 0 fully saturated rings. The number of ether oxygens (including phenoxy) is 2. The maximum Gasteiger partial charge on any atom is 0.142 e. The molecule has 0 saturated carbocycles. The molecule has 1 atom stereocenters. The Morgan fingerprint density at radius 3 is 2.28 bits per heavy atom. The summed E-state index contributed by atoms with van der Waals surface area (Å²) in [6.45, 7) is 10.8. The minimum atomic E-state index is 0.508. The van der Waals surface area contributed by atoms with Gasteiger partial charge in [0.1, 0.15) is 18.1 Å². The largest absolute Gasteiger partial charge is 0.491 e. The molecule has 2 aromatic rings. The summed E-state index contributed by atoms with van der Waals surface area (Å²) < 4.78 is 11.9. The minimum Gasteiger partial charge on any atom is -0.491 e. The molecule has 25 heavy (non-hydrogen) atoms. The molecular formula is C22H31NO2. The molecule has 0 aliphatic rings. The van der Waals surface area contributed by atoms with Gasteiger partial charge in [0.15, 0.2) is 0 Å². The third-order valence-corrected chi connectivity index (χ3v) is 4.20. The highest BCUT2D eigenvalue weighted by molar-refractivity contribution is 5.56. The summed E-state index contributed by atoms with van der Waals surface area (Å²) in [5, 5.41) is 3.42. The Bertz CT molecular complexity index is 639. The summed E-state index contributed by atoms with van der Waals surface area (Å²) in [5.41, 5.74) is 2.30. The molecular weight excluding hydrogens is 310 g/mol. The first kappa shape index (κ1) is 19.2. The van der Waals surface area contributed by atoms with E-state index >= 15 is 0 Å². The van der Waals surface area contributed by atoms with Crippen molar-refractivity contribution in [3.05, 3.63) is 54.1 Å². The van der Waals surface area contributed by atoms with Gasteiger partial charge in [0.05, 0.1) is 12.3 Å². The fourth-order valence-corrected chi connectivity index (χ4v) is 2.58. The van der Waals surface area contributed by atoms with E-state index in [1.54, 1.807) is 0 Å². The van der Waals surface area contributed by atoms with Crippen molar-refractivity contribution >= 4 is 5.69 Å². The van der Waals surface area contributed by atoms with Gasteiger partial charge in [-0.05, 0) is 42.0 Å². The van der Waals surface area contributed by atoms with Crippen LogP contribution < -0.4 is 14.8 Å². The monoisotopic (exact) mass is 341 g/mol. The van der Waals surface area contributed by atoms with Crippen LogP contribution in [0.5, 0.6) is 11.5 Å². The SMILES string of the molecule is CCC(C)c1ccccc1OCCNc1ccccc1OCC(C)C. The molecule has 1 N–H and O–H groups in total. The van der Waals surface area contributed by atoms with E-state index in [2.05, 4.69) is 51.2 Å². The highest BCUT2D eigenvalue weighted by Crippen LogP contribution is 2.28. The number of hydrogen-bond acceptors (Lipinski definition) is 3. The van der Waals surface area contributed by atoms with Gasteiger partial charge in [-0.3, -0.25) is 0 Å². The van der Waals surface area contributed by atoms with E-state index in [0.717, 1.165) is 36.8 Å². The van der Waals surface area contributed by atoms with E-state index < -0.39 is 0 Å². The lowest BCUT2D eigenvalue weighted by Gasteiger charge is -2.17. The summed E-state index contributed by atoms with van der Waals surface area (Å²) in [4.78, 5) is 0. The van der Waals surface area contributed by atoms with Crippen molar-refractivity contribution in [2.45, 2.75) is 40.0 Å². The Labute approximate surface area is 152 Å². The molecule has 0 bridgehead atoms. The predicted molar refractivity (Wildman–Crippen MR) is 106 cm³/mol. The van der Waals surface area contributed by atoms with E-state index in [9.17, 15) is 0 Å². The molecule has 0 heterocycles. The van der Waals surface area contributed by atoms with Gasteiger partial charge >= 0.3 is 0 Å². The fraction of sp³-hybridized carbons (Fsp3) is 0.455. The molecule has 0 aromatic heterocycles. The van der Waals surface area contributed by atoms with Crippen LogP contribution in [0.2, 0.25) is 0 Å². The topological polar surface area (TPSA) is 30.5 Å². The molecule has 1 unspecified atom stereocenters. The van der Waals surface area contributed by atoms with Crippen LogP contribution in [-0.2, 0) is 0 Å². The van der Waals surface area contributed by atoms with Crippen LogP contribution in [0.4, 0.5) is 5.69 Å². The lowest BCUT2D eigenvalue weighted by Crippen LogP contribution is -2.14. The highest BCUT2D eigenvalue weighted by atomic mass is 16.5. The second kappa shape index (κ2) is 9.97. The number of anilines is 1. The average Bonchev–Trinajstić information content (AvgIpc) is 2.64. The predicted octanol–water partition coefficient (Wildman–Crippen LogP) is 5.73. The average molecular weight is 341 g/mol. The van der Waals surface area contributed by atoms with Gasteiger partial charge in [0.25, 0.3) is 0 Å². The second-order valence-electron chi connectivity index (χ2n) is 6.82. The van der Waals surface area contributed by atoms with E-state index in [0.29, 0.717) is 18.4 Å². The van der Waals surface area contributed by atoms with Crippen molar-refractivity contribution in [1.29, 1.82) is 0 Å². The fourth-order valence-electron chi connectivity index (χ4n) is 2.58.